The van der Waals surface area contributed by atoms with Crippen molar-refractivity contribution in [2.24, 2.45) is 5.73 Å². The average Bonchev–Trinajstić information content (AvgIpc) is 2.37. The van der Waals surface area contributed by atoms with Gasteiger partial charge in [0.2, 0.25) is 0 Å². The first kappa shape index (κ1) is 16.2. The van der Waals surface area contributed by atoms with Crippen LogP contribution < -0.4 is 5.73 Å². The molecule has 0 aromatic carbocycles. The molecular weight excluding hydrogens is 262 g/mol. The highest BCUT2D eigenvalue weighted by Crippen LogP contribution is 2.24. The maximum atomic E-state index is 11.5. The van der Waals surface area contributed by atoms with Gasteiger partial charge in [-0.2, -0.15) is 0 Å². The summed E-state index contributed by atoms with van der Waals surface area (Å²) >= 11 is 0. The predicted molar refractivity (Wildman–Crippen MR) is 59.6 cm³/mol. The van der Waals surface area contributed by atoms with Crippen LogP contribution in [0.25, 0.3) is 0 Å². The van der Waals surface area contributed by atoms with Crippen molar-refractivity contribution in [2.75, 3.05) is 0 Å². The van der Waals surface area contributed by atoms with E-state index in [2.05, 4.69) is 4.74 Å². The van der Waals surface area contributed by atoms with Gasteiger partial charge in [0, 0.05) is 0 Å². The maximum absolute atomic E-state index is 11.5. The predicted octanol–water partition coefficient (Wildman–Crippen LogP) is -4.58. The molecule has 9 nitrogen and oxygen atoms in total. The fraction of sp³-hybridized carbons (Fsp3) is 0.900. The molecule has 8 atom stereocenters. The fourth-order valence-corrected chi connectivity index (χ4v) is 1.75. The third-order valence-corrected chi connectivity index (χ3v) is 3.12. The van der Waals surface area contributed by atoms with Gasteiger partial charge >= 0.3 is 5.97 Å². The molecule has 0 aromatic heterocycles. The minimum atomic E-state index is -1.79. The number of aliphatic hydroxyl groups excluding tert-OH is 6. The van der Waals surface area contributed by atoms with Crippen LogP contribution in [0.4, 0.5) is 0 Å². The standard InChI is InChI=1S/C10H19NO8/c1-2(12)3(11)10(18)19-9-7(16)5(14)4(13)6(15)8(9)17/h2-9,12-17H,11H2,1H3/t2-,3+,4?,5-,6+,7+,8+,9?/m1/s1. The molecule has 1 aliphatic carbocycles. The van der Waals surface area contributed by atoms with E-state index in [1.807, 2.05) is 0 Å². The number of hydrogen-bond acceptors (Lipinski definition) is 9. The lowest BCUT2D eigenvalue weighted by molar-refractivity contribution is -0.234. The summed E-state index contributed by atoms with van der Waals surface area (Å²) in [6, 6.07) is -1.40. The monoisotopic (exact) mass is 281 g/mol. The van der Waals surface area contributed by atoms with Crippen LogP contribution >= 0.6 is 0 Å². The number of esters is 1. The third kappa shape index (κ3) is 3.20. The number of nitrogens with two attached hydrogens (primary N) is 1. The molecule has 0 bridgehead atoms. The Kier molecular flexibility index (Phi) is 5.21. The molecule has 112 valence electrons. The molecule has 9 heteroatoms. The number of carbonyl (C=O) groups is 1. The first-order valence-corrected chi connectivity index (χ1v) is 5.73. The van der Waals surface area contributed by atoms with Crippen LogP contribution in [-0.4, -0.2) is 85.4 Å². The second-order valence-corrected chi connectivity index (χ2v) is 4.62. The molecule has 1 aliphatic rings. The zero-order valence-electron chi connectivity index (χ0n) is 10.2. The van der Waals surface area contributed by atoms with Crippen LogP contribution in [0.15, 0.2) is 0 Å². The van der Waals surface area contributed by atoms with Gasteiger partial charge in [0.1, 0.15) is 36.6 Å². The highest BCUT2D eigenvalue weighted by molar-refractivity contribution is 5.76. The quantitative estimate of drug-likeness (QED) is 0.251. The maximum Gasteiger partial charge on any atom is 0.326 e. The van der Waals surface area contributed by atoms with E-state index in [0.717, 1.165) is 0 Å². The molecule has 1 rings (SSSR count). The van der Waals surface area contributed by atoms with E-state index >= 15 is 0 Å². The third-order valence-electron chi connectivity index (χ3n) is 3.12. The normalized spacial score (nSPS) is 42.5. The molecule has 0 spiro atoms. The number of ether oxygens (including phenoxy) is 1. The Labute approximate surface area is 108 Å². The largest absolute Gasteiger partial charge is 0.455 e. The van der Waals surface area contributed by atoms with Crippen molar-refractivity contribution in [3.8, 4) is 0 Å². The van der Waals surface area contributed by atoms with Crippen LogP contribution in [0, 0.1) is 0 Å². The summed E-state index contributed by atoms with van der Waals surface area (Å²) in [5.41, 5.74) is 5.30. The van der Waals surface area contributed by atoms with Crippen molar-refractivity contribution in [3.63, 3.8) is 0 Å². The Hall–Kier alpha value is -0.810. The SMILES string of the molecule is C[C@@H](O)[C@H](N)C(=O)OC1[C@@H](O)[C@H](O)C(O)[C@H](O)[C@@H]1O. The molecule has 0 aliphatic heterocycles. The molecule has 8 N–H and O–H groups in total. The Morgan fingerprint density at radius 1 is 1.00 bits per heavy atom. The van der Waals surface area contributed by atoms with E-state index < -0.39 is 54.7 Å². The molecule has 0 amide bonds. The number of rotatable bonds is 3. The van der Waals surface area contributed by atoms with Crippen molar-refractivity contribution < 1.29 is 40.2 Å². The Morgan fingerprint density at radius 3 is 1.74 bits per heavy atom. The molecule has 0 radical (unpaired) electrons. The minimum Gasteiger partial charge on any atom is -0.455 e. The van der Waals surface area contributed by atoms with E-state index in [0.29, 0.717) is 0 Å². The van der Waals surface area contributed by atoms with Gasteiger partial charge in [0.15, 0.2) is 6.10 Å². The van der Waals surface area contributed by atoms with Crippen molar-refractivity contribution in [2.45, 2.75) is 55.7 Å². The van der Waals surface area contributed by atoms with Crippen LogP contribution in [0.5, 0.6) is 0 Å². The minimum absolute atomic E-state index is 1.12. The van der Waals surface area contributed by atoms with E-state index in [4.69, 9.17) is 10.8 Å². The Bertz CT molecular complexity index is 309. The molecule has 1 fully saturated rings. The van der Waals surface area contributed by atoms with E-state index in [-0.39, 0.29) is 0 Å². The highest BCUT2D eigenvalue weighted by atomic mass is 16.6. The van der Waals surface area contributed by atoms with Crippen molar-refractivity contribution in [3.05, 3.63) is 0 Å². The summed E-state index contributed by atoms with van der Waals surface area (Å²) in [7, 11) is 0. The van der Waals surface area contributed by atoms with Crippen LogP contribution in [0.1, 0.15) is 6.92 Å². The first-order chi connectivity index (χ1) is 8.68. The highest BCUT2D eigenvalue weighted by Gasteiger charge is 2.50. The zero-order chi connectivity index (χ0) is 14.9. The summed E-state index contributed by atoms with van der Waals surface area (Å²) in [6.45, 7) is 1.24. The Balaban J connectivity index is 2.78. The van der Waals surface area contributed by atoms with Crippen LogP contribution in [0.3, 0.4) is 0 Å². The molecule has 19 heavy (non-hydrogen) atoms. The number of carbonyl (C=O) groups excluding carboxylic acids is 1. The summed E-state index contributed by atoms with van der Waals surface area (Å²) in [5, 5.41) is 56.5. The van der Waals surface area contributed by atoms with Crippen molar-refractivity contribution in [1.29, 1.82) is 0 Å². The number of hydrogen-bond donors (Lipinski definition) is 7. The summed E-state index contributed by atoms with van der Waals surface area (Å²) in [4.78, 5) is 11.5. The van der Waals surface area contributed by atoms with E-state index in [9.17, 15) is 30.3 Å². The van der Waals surface area contributed by atoms with Gasteiger partial charge in [-0.1, -0.05) is 0 Å². The lowest BCUT2D eigenvalue weighted by Crippen LogP contribution is -2.65. The van der Waals surface area contributed by atoms with Crippen LogP contribution in [0.2, 0.25) is 0 Å². The molecule has 1 saturated carbocycles. The van der Waals surface area contributed by atoms with Crippen molar-refractivity contribution in [1.82, 2.24) is 0 Å². The van der Waals surface area contributed by atoms with Gasteiger partial charge in [0.05, 0.1) is 6.10 Å². The van der Waals surface area contributed by atoms with Crippen molar-refractivity contribution >= 4 is 5.97 Å². The van der Waals surface area contributed by atoms with Gasteiger partial charge in [0.25, 0.3) is 0 Å². The summed E-state index contributed by atoms with van der Waals surface area (Å²) in [6.07, 6.45) is -11.8. The average molecular weight is 281 g/mol. The van der Waals surface area contributed by atoms with Gasteiger partial charge in [-0.25, -0.2) is 0 Å². The molecule has 2 unspecified atom stereocenters. The topological polar surface area (TPSA) is 174 Å². The van der Waals surface area contributed by atoms with E-state index in [1.54, 1.807) is 0 Å². The first-order valence-electron chi connectivity index (χ1n) is 5.73. The second kappa shape index (κ2) is 6.09. The van der Waals surface area contributed by atoms with Gasteiger partial charge in [-0.05, 0) is 6.92 Å². The zero-order valence-corrected chi connectivity index (χ0v) is 10.2. The smallest absolute Gasteiger partial charge is 0.326 e. The van der Waals surface area contributed by atoms with Gasteiger partial charge in [-0.3, -0.25) is 4.79 Å². The van der Waals surface area contributed by atoms with Gasteiger partial charge < -0.3 is 41.1 Å². The molecule has 0 saturated heterocycles. The fourth-order valence-electron chi connectivity index (χ4n) is 1.75. The lowest BCUT2D eigenvalue weighted by Gasteiger charge is -2.41. The number of aliphatic hydroxyl groups is 6. The Morgan fingerprint density at radius 2 is 1.37 bits per heavy atom. The van der Waals surface area contributed by atoms with Crippen LogP contribution in [-0.2, 0) is 9.53 Å². The van der Waals surface area contributed by atoms with E-state index in [1.165, 1.54) is 6.92 Å². The molecular formula is C10H19NO8. The second-order valence-electron chi connectivity index (χ2n) is 4.62. The summed E-state index contributed by atoms with van der Waals surface area (Å²) < 4.78 is 4.67. The molecule has 0 heterocycles. The summed E-state index contributed by atoms with van der Waals surface area (Å²) in [5.74, 6) is -1.12. The van der Waals surface area contributed by atoms with Gasteiger partial charge in [-0.15, -0.1) is 0 Å². The lowest BCUT2D eigenvalue weighted by atomic mass is 9.85. The molecule has 0 aromatic rings.